The molecule has 2 aromatic rings. The molecule has 0 aliphatic heterocycles. The van der Waals surface area contributed by atoms with Gasteiger partial charge in [0.15, 0.2) is 0 Å². The molecule has 0 heterocycles. The van der Waals surface area contributed by atoms with E-state index in [1.807, 2.05) is 13.0 Å². The standard InChI is InChI=1S/C17H20N2O4S/c1-3-23-15-9-11-16(12-10-15)24(21,22)19(2)13-17(20)18-14-7-5-4-6-8-14/h4-12H,3,13H2,1-2H3,(H,18,20). The van der Waals surface area contributed by atoms with Crippen LogP contribution in [0.4, 0.5) is 5.69 Å². The summed E-state index contributed by atoms with van der Waals surface area (Å²) in [6.45, 7) is 2.08. The van der Waals surface area contributed by atoms with Gasteiger partial charge in [0, 0.05) is 12.7 Å². The molecule has 0 aliphatic carbocycles. The molecule has 7 heteroatoms. The molecule has 0 aromatic heterocycles. The highest BCUT2D eigenvalue weighted by molar-refractivity contribution is 7.89. The second kappa shape index (κ2) is 7.94. The van der Waals surface area contributed by atoms with E-state index in [4.69, 9.17) is 4.74 Å². The van der Waals surface area contributed by atoms with Crippen LogP contribution < -0.4 is 10.1 Å². The second-order valence-corrected chi connectivity index (χ2v) is 7.12. The third kappa shape index (κ3) is 4.56. The van der Waals surface area contributed by atoms with E-state index in [0.717, 1.165) is 4.31 Å². The summed E-state index contributed by atoms with van der Waals surface area (Å²) < 4.78 is 31.3. The first kappa shape index (κ1) is 18.0. The molecule has 0 radical (unpaired) electrons. The summed E-state index contributed by atoms with van der Waals surface area (Å²) in [6, 6.07) is 15.0. The Morgan fingerprint density at radius 3 is 2.29 bits per heavy atom. The van der Waals surface area contributed by atoms with E-state index >= 15 is 0 Å². The molecular formula is C17H20N2O4S. The molecule has 1 N–H and O–H groups in total. The van der Waals surface area contributed by atoms with Gasteiger partial charge in [-0.25, -0.2) is 8.42 Å². The monoisotopic (exact) mass is 348 g/mol. The normalized spacial score (nSPS) is 11.3. The average Bonchev–Trinajstić information content (AvgIpc) is 2.56. The van der Waals surface area contributed by atoms with E-state index in [1.165, 1.54) is 19.2 Å². The number of ether oxygens (including phenoxy) is 1. The van der Waals surface area contributed by atoms with Gasteiger partial charge in [0.05, 0.1) is 18.0 Å². The van der Waals surface area contributed by atoms with Crippen molar-refractivity contribution in [1.82, 2.24) is 4.31 Å². The van der Waals surface area contributed by atoms with Gasteiger partial charge < -0.3 is 10.1 Å². The molecule has 0 atom stereocenters. The first-order chi connectivity index (χ1) is 11.4. The molecule has 0 aliphatic rings. The average molecular weight is 348 g/mol. The number of sulfonamides is 1. The predicted octanol–water partition coefficient (Wildman–Crippen LogP) is 2.34. The Balaban J connectivity index is 2.04. The predicted molar refractivity (Wildman–Crippen MR) is 92.5 cm³/mol. The molecule has 2 rings (SSSR count). The van der Waals surface area contributed by atoms with Crippen LogP contribution in [0.5, 0.6) is 5.75 Å². The van der Waals surface area contributed by atoms with Crippen LogP contribution in [0, 0.1) is 0 Å². The summed E-state index contributed by atoms with van der Waals surface area (Å²) in [5.74, 6) is 0.194. The highest BCUT2D eigenvalue weighted by atomic mass is 32.2. The van der Waals surface area contributed by atoms with Crippen LogP contribution in [0.2, 0.25) is 0 Å². The molecule has 0 saturated heterocycles. The van der Waals surface area contributed by atoms with Crippen molar-refractivity contribution in [2.45, 2.75) is 11.8 Å². The maximum absolute atomic E-state index is 12.5. The fourth-order valence-corrected chi connectivity index (χ4v) is 3.19. The Labute approximate surface area is 142 Å². The number of likely N-dealkylation sites (N-methyl/N-ethyl adjacent to an activating group) is 1. The Kier molecular flexibility index (Phi) is 5.94. The van der Waals surface area contributed by atoms with Crippen LogP contribution in [0.3, 0.4) is 0 Å². The molecule has 0 bridgehead atoms. The van der Waals surface area contributed by atoms with E-state index in [0.29, 0.717) is 18.0 Å². The number of nitrogens with one attached hydrogen (secondary N) is 1. The summed E-state index contributed by atoms with van der Waals surface area (Å²) in [4.78, 5) is 12.1. The van der Waals surface area contributed by atoms with E-state index in [2.05, 4.69) is 5.32 Å². The molecule has 0 saturated carbocycles. The van der Waals surface area contributed by atoms with Crippen molar-refractivity contribution in [2.24, 2.45) is 0 Å². The van der Waals surface area contributed by atoms with Crippen LogP contribution in [0.15, 0.2) is 59.5 Å². The first-order valence-electron chi connectivity index (χ1n) is 7.47. The van der Waals surface area contributed by atoms with Gasteiger partial charge >= 0.3 is 0 Å². The van der Waals surface area contributed by atoms with Crippen molar-refractivity contribution >= 4 is 21.6 Å². The molecular weight excluding hydrogens is 328 g/mol. The second-order valence-electron chi connectivity index (χ2n) is 5.08. The zero-order valence-corrected chi connectivity index (χ0v) is 14.4. The number of amides is 1. The maximum Gasteiger partial charge on any atom is 0.243 e. The van der Waals surface area contributed by atoms with Gasteiger partial charge in [-0.05, 0) is 43.3 Å². The number of hydrogen-bond donors (Lipinski definition) is 1. The van der Waals surface area contributed by atoms with E-state index < -0.39 is 15.9 Å². The van der Waals surface area contributed by atoms with Crippen LogP contribution in [0.25, 0.3) is 0 Å². The number of para-hydroxylation sites is 1. The topological polar surface area (TPSA) is 75.7 Å². The van der Waals surface area contributed by atoms with E-state index in [9.17, 15) is 13.2 Å². The molecule has 24 heavy (non-hydrogen) atoms. The van der Waals surface area contributed by atoms with Gasteiger partial charge in [0.2, 0.25) is 15.9 Å². The lowest BCUT2D eigenvalue weighted by Gasteiger charge is -2.17. The number of rotatable bonds is 7. The first-order valence-corrected chi connectivity index (χ1v) is 8.91. The van der Waals surface area contributed by atoms with Crippen molar-refractivity contribution in [2.75, 3.05) is 25.5 Å². The van der Waals surface area contributed by atoms with Gasteiger partial charge in [0.25, 0.3) is 0 Å². The van der Waals surface area contributed by atoms with Crippen molar-refractivity contribution in [1.29, 1.82) is 0 Å². The number of carbonyl (C=O) groups excluding carboxylic acids is 1. The van der Waals surface area contributed by atoms with Crippen molar-refractivity contribution in [3.63, 3.8) is 0 Å². The molecule has 0 spiro atoms. The summed E-state index contributed by atoms with van der Waals surface area (Å²) in [6.07, 6.45) is 0. The number of benzene rings is 2. The van der Waals surface area contributed by atoms with E-state index in [-0.39, 0.29) is 11.4 Å². The molecule has 128 valence electrons. The molecule has 2 aromatic carbocycles. The lowest BCUT2D eigenvalue weighted by atomic mass is 10.3. The summed E-state index contributed by atoms with van der Waals surface area (Å²) in [7, 11) is -2.37. The molecule has 1 amide bonds. The SMILES string of the molecule is CCOc1ccc(S(=O)(=O)N(C)CC(=O)Nc2ccccc2)cc1. The minimum absolute atomic E-state index is 0.112. The zero-order chi connectivity index (χ0) is 17.6. The fourth-order valence-electron chi connectivity index (χ4n) is 2.06. The number of nitrogens with zero attached hydrogens (tertiary/aromatic N) is 1. The van der Waals surface area contributed by atoms with Gasteiger partial charge in [-0.1, -0.05) is 18.2 Å². The quantitative estimate of drug-likeness (QED) is 0.833. The Hall–Kier alpha value is -2.38. The smallest absolute Gasteiger partial charge is 0.243 e. The van der Waals surface area contributed by atoms with Crippen molar-refractivity contribution in [3.8, 4) is 5.75 Å². The Morgan fingerprint density at radius 2 is 1.71 bits per heavy atom. The van der Waals surface area contributed by atoms with Gasteiger partial charge in [-0.3, -0.25) is 4.79 Å². The number of carbonyl (C=O) groups is 1. The van der Waals surface area contributed by atoms with Crippen LogP contribution in [-0.4, -0.2) is 38.8 Å². The zero-order valence-electron chi connectivity index (χ0n) is 13.6. The highest BCUT2D eigenvalue weighted by Crippen LogP contribution is 2.19. The molecule has 0 fully saturated rings. The Morgan fingerprint density at radius 1 is 1.08 bits per heavy atom. The number of hydrogen-bond acceptors (Lipinski definition) is 4. The van der Waals surface area contributed by atoms with E-state index in [1.54, 1.807) is 36.4 Å². The van der Waals surface area contributed by atoms with Gasteiger partial charge in [0.1, 0.15) is 5.75 Å². The fraction of sp³-hybridized carbons (Fsp3) is 0.235. The Bertz CT molecular complexity index is 774. The summed E-state index contributed by atoms with van der Waals surface area (Å²) in [5.41, 5.74) is 0.620. The molecule has 0 unspecified atom stereocenters. The van der Waals surface area contributed by atoms with Crippen LogP contribution >= 0.6 is 0 Å². The largest absolute Gasteiger partial charge is 0.494 e. The maximum atomic E-state index is 12.5. The minimum Gasteiger partial charge on any atom is -0.494 e. The summed E-state index contributed by atoms with van der Waals surface area (Å²) in [5, 5.41) is 2.66. The number of anilines is 1. The highest BCUT2D eigenvalue weighted by Gasteiger charge is 2.23. The lowest BCUT2D eigenvalue weighted by Crippen LogP contribution is -2.34. The van der Waals surface area contributed by atoms with Crippen LogP contribution in [-0.2, 0) is 14.8 Å². The van der Waals surface area contributed by atoms with Gasteiger partial charge in [-0.2, -0.15) is 4.31 Å². The third-order valence-electron chi connectivity index (χ3n) is 3.27. The van der Waals surface area contributed by atoms with Crippen molar-refractivity contribution in [3.05, 3.63) is 54.6 Å². The summed E-state index contributed by atoms with van der Waals surface area (Å²) >= 11 is 0. The third-order valence-corrected chi connectivity index (χ3v) is 5.08. The molecule has 6 nitrogen and oxygen atoms in total. The van der Waals surface area contributed by atoms with Crippen LogP contribution in [0.1, 0.15) is 6.92 Å². The van der Waals surface area contributed by atoms with Crippen molar-refractivity contribution < 1.29 is 17.9 Å². The minimum atomic E-state index is -3.74. The lowest BCUT2D eigenvalue weighted by molar-refractivity contribution is -0.116. The van der Waals surface area contributed by atoms with Gasteiger partial charge in [-0.15, -0.1) is 0 Å².